The van der Waals surface area contributed by atoms with Crippen LogP contribution in [0, 0.1) is 0 Å². The summed E-state index contributed by atoms with van der Waals surface area (Å²) in [5.41, 5.74) is 0.638. The van der Waals surface area contributed by atoms with Gasteiger partial charge in [-0.1, -0.05) is 12.8 Å². The van der Waals surface area contributed by atoms with Crippen LogP contribution in [0.4, 0.5) is 5.69 Å². The van der Waals surface area contributed by atoms with Gasteiger partial charge in [0.15, 0.2) is 5.69 Å². The standard InChI is InChI=1S/C18H24N6O4/c1-2-23-11-14(16(22-23)17(26)20-13-5-3-4-6-13)21-15(25)7-8-24-10-12(9-19-24)18(27)28/h9-11,13H,2-8H2,1H3,(H,20,26)(H,21,25)(H,27,28). The first-order valence-corrected chi connectivity index (χ1v) is 9.40. The van der Waals surface area contributed by atoms with E-state index < -0.39 is 5.97 Å². The van der Waals surface area contributed by atoms with Gasteiger partial charge >= 0.3 is 5.97 Å². The summed E-state index contributed by atoms with van der Waals surface area (Å²) < 4.78 is 3.00. The predicted molar refractivity (Wildman–Crippen MR) is 100 cm³/mol. The summed E-state index contributed by atoms with van der Waals surface area (Å²) in [6.07, 6.45) is 8.46. The van der Waals surface area contributed by atoms with Crippen LogP contribution in [-0.2, 0) is 17.9 Å². The largest absolute Gasteiger partial charge is 0.478 e. The maximum Gasteiger partial charge on any atom is 0.338 e. The summed E-state index contributed by atoms with van der Waals surface area (Å²) in [4.78, 5) is 35.7. The van der Waals surface area contributed by atoms with Crippen LogP contribution in [0.15, 0.2) is 18.6 Å². The van der Waals surface area contributed by atoms with E-state index in [-0.39, 0.29) is 42.1 Å². The highest BCUT2D eigenvalue weighted by Crippen LogP contribution is 2.20. The van der Waals surface area contributed by atoms with E-state index in [0.717, 1.165) is 25.7 Å². The number of hydrogen-bond donors (Lipinski definition) is 3. The minimum atomic E-state index is -1.07. The van der Waals surface area contributed by atoms with Crippen molar-refractivity contribution in [2.24, 2.45) is 0 Å². The van der Waals surface area contributed by atoms with Crippen molar-refractivity contribution in [1.82, 2.24) is 24.9 Å². The van der Waals surface area contributed by atoms with Crippen LogP contribution < -0.4 is 10.6 Å². The van der Waals surface area contributed by atoms with Gasteiger partial charge in [0.1, 0.15) is 0 Å². The highest BCUT2D eigenvalue weighted by molar-refractivity contribution is 6.02. The van der Waals surface area contributed by atoms with Crippen LogP contribution in [0.3, 0.4) is 0 Å². The van der Waals surface area contributed by atoms with Crippen molar-refractivity contribution in [1.29, 1.82) is 0 Å². The number of carboxylic acids is 1. The van der Waals surface area contributed by atoms with Crippen molar-refractivity contribution in [2.75, 3.05) is 5.32 Å². The van der Waals surface area contributed by atoms with Crippen molar-refractivity contribution in [3.8, 4) is 0 Å². The van der Waals surface area contributed by atoms with Gasteiger partial charge in [-0.3, -0.25) is 19.0 Å². The number of amides is 2. The molecule has 2 amide bonds. The number of nitrogens with one attached hydrogen (secondary N) is 2. The van der Waals surface area contributed by atoms with Gasteiger partial charge in [-0.25, -0.2) is 4.79 Å². The van der Waals surface area contributed by atoms with Crippen LogP contribution in [-0.4, -0.2) is 48.5 Å². The smallest absolute Gasteiger partial charge is 0.338 e. The topological polar surface area (TPSA) is 131 Å². The fourth-order valence-corrected chi connectivity index (χ4v) is 3.19. The summed E-state index contributed by atoms with van der Waals surface area (Å²) in [5, 5.41) is 22.8. The lowest BCUT2D eigenvalue weighted by Crippen LogP contribution is -2.33. The molecule has 150 valence electrons. The number of aryl methyl sites for hydroxylation is 2. The van der Waals surface area contributed by atoms with E-state index in [1.807, 2.05) is 6.92 Å². The first kappa shape index (κ1) is 19.6. The fourth-order valence-electron chi connectivity index (χ4n) is 3.19. The van der Waals surface area contributed by atoms with Crippen LogP contribution in [0.5, 0.6) is 0 Å². The Morgan fingerprint density at radius 1 is 1.21 bits per heavy atom. The quantitative estimate of drug-likeness (QED) is 0.628. The van der Waals surface area contributed by atoms with Gasteiger partial charge in [0.05, 0.1) is 17.4 Å². The minimum absolute atomic E-state index is 0.0653. The number of hydrogen-bond acceptors (Lipinski definition) is 5. The number of aromatic nitrogens is 4. The van der Waals surface area contributed by atoms with Gasteiger partial charge in [0.25, 0.3) is 5.91 Å². The first-order valence-electron chi connectivity index (χ1n) is 9.40. The monoisotopic (exact) mass is 388 g/mol. The number of carbonyl (C=O) groups excluding carboxylic acids is 2. The molecule has 10 nitrogen and oxygen atoms in total. The molecule has 2 aromatic heterocycles. The second-order valence-electron chi connectivity index (χ2n) is 6.80. The molecule has 10 heteroatoms. The zero-order valence-electron chi connectivity index (χ0n) is 15.7. The Morgan fingerprint density at radius 3 is 2.61 bits per heavy atom. The molecule has 0 radical (unpaired) electrons. The molecule has 0 aliphatic heterocycles. The molecule has 2 aromatic rings. The number of aromatic carboxylic acids is 1. The molecule has 1 saturated carbocycles. The van der Waals surface area contributed by atoms with Crippen LogP contribution in [0.2, 0.25) is 0 Å². The van der Waals surface area contributed by atoms with E-state index in [4.69, 9.17) is 5.11 Å². The summed E-state index contributed by atoms with van der Waals surface area (Å²) in [5.74, 6) is -1.66. The normalized spacial score (nSPS) is 14.2. The molecule has 3 rings (SSSR count). The van der Waals surface area contributed by atoms with Crippen molar-refractivity contribution in [3.63, 3.8) is 0 Å². The minimum Gasteiger partial charge on any atom is -0.478 e. The third-order valence-electron chi connectivity index (χ3n) is 4.71. The molecule has 0 saturated heterocycles. The molecule has 2 heterocycles. The number of nitrogens with zero attached hydrogens (tertiary/aromatic N) is 4. The fraction of sp³-hybridized carbons (Fsp3) is 0.500. The Bertz CT molecular complexity index is 865. The number of carboxylic acid groups (broad SMARTS) is 1. The Morgan fingerprint density at radius 2 is 1.96 bits per heavy atom. The highest BCUT2D eigenvalue weighted by Gasteiger charge is 2.23. The van der Waals surface area contributed by atoms with Gasteiger partial charge < -0.3 is 15.7 Å². The molecule has 1 aliphatic carbocycles. The number of rotatable bonds is 8. The van der Waals surface area contributed by atoms with Crippen molar-refractivity contribution >= 4 is 23.5 Å². The van der Waals surface area contributed by atoms with Crippen LogP contribution >= 0.6 is 0 Å². The molecule has 1 fully saturated rings. The summed E-state index contributed by atoms with van der Waals surface area (Å²) >= 11 is 0. The predicted octanol–water partition coefficient (Wildman–Crippen LogP) is 1.50. The third-order valence-corrected chi connectivity index (χ3v) is 4.71. The van der Waals surface area contributed by atoms with Crippen LogP contribution in [0.1, 0.15) is 59.9 Å². The molecule has 0 spiro atoms. The summed E-state index contributed by atoms with van der Waals surface area (Å²) in [6, 6.07) is 0.158. The lowest BCUT2D eigenvalue weighted by Gasteiger charge is -2.11. The lowest BCUT2D eigenvalue weighted by molar-refractivity contribution is -0.116. The molecule has 3 N–H and O–H groups in total. The van der Waals surface area contributed by atoms with Gasteiger partial charge in [-0.05, 0) is 19.8 Å². The van der Waals surface area contributed by atoms with E-state index >= 15 is 0 Å². The summed E-state index contributed by atoms with van der Waals surface area (Å²) in [7, 11) is 0. The Kier molecular flexibility index (Phi) is 6.07. The van der Waals surface area contributed by atoms with Gasteiger partial charge in [-0.2, -0.15) is 10.2 Å². The zero-order chi connectivity index (χ0) is 20.1. The molecular formula is C18H24N6O4. The highest BCUT2D eigenvalue weighted by atomic mass is 16.4. The molecule has 0 aromatic carbocycles. The first-order chi connectivity index (χ1) is 13.5. The zero-order valence-corrected chi connectivity index (χ0v) is 15.7. The number of carbonyl (C=O) groups is 3. The molecule has 0 bridgehead atoms. The average Bonchev–Trinajstić information content (AvgIpc) is 3.40. The van der Waals surface area contributed by atoms with Crippen molar-refractivity contribution in [3.05, 3.63) is 29.8 Å². The second-order valence-corrected chi connectivity index (χ2v) is 6.80. The van der Waals surface area contributed by atoms with Gasteiger partial charge in [0, 0.05) is 37.9 Å². The third kappa shape index (κ3) is 4.76. The lowest BCUT2D eigenvalue weighted by atomic mass is 10.2. The summed E-state index contributed by atoms with van der Waals surface area (Å²) in [6.45, 7) is 2.70. The molecule has 28 heavy (non-hydrogen) atoms. The maximum absolute atomic E-state index is 12.6. The van der Waals surface area contributed by atoms with E-state index in [9.17, 15) is 14.4 Å². The second kappa shape index (κ2) is 8.68. The molecule has 1 aliphatic rings. The molecular weight excluding hydrogens is 364 g/mol. The molecule has 0 atom stereocenters. The molecule has 0 unspecified atom stereocenters. The van der Waals surface area contributed by atoms with Crippen molar-refractivity contribution < 1.29 is 19.5 Å². The van der Waals surface area contributed by atoms with E-state index in [1.54, 1.807) is 10.9 Å². The van der Waals surface area contributed by atoms with Crippen molar-refractivity contribution in [2.45, 2.75) is 58.2 Å². The van der Waals surface area contributed by atoms with Gasteiger partial charge in [-0.15, -0.1) is 0 Å². The average molecular weight is 388 g/mol. The Balaban J connectivity index is 1.61. The van der Waals surface area contributed by atoms with Crippen LogP contribution in [0.25, 0.3) is 0 Å². The Hall–Kier alpha value is -3.17. The van der Waals surface area contributed by atoms with E-state index in [1.165, 1.54) is 17.1 Å². The van der Waals surface area contributed by atoms with E-state index in [0.29, 0.717) is 12.2 Å². The maximum atomic E-state index is 12.6. The SMILES string of the molecule is CCn1cc(NC(=O)CCn2cc(C(=O)O)cn2)c(C(=O)NC2CCCC2)n1. The number of anilines is 1. The van der Waals surface area contributed by atoms with E-state index in [2.05, 4.69) is 20.8 Å². The Labute approximate surface area is 161 Å². The van der Waals surface area contributed by atoms with Gasteiger partial charge in [0.2, 0.25) is 5.91 Å².